The molecule has 3 rings (SSSR count). The molecule has 34 heavy (non-hydrogen) atoms. The minimum atomic E-state index is -3.44. The average Bonchev–Trinajstić information content (AvgIpc) is 2.82. The van der Waals surface area contributed by atoms with Crippen LogP contribution in [0.1, 0.15) is 37.3 Å². The Bertz CT molecular complexity index is 1070. The summed E-state index contributed by atoms with van der Waals surface area (Å²) in [7, 11) is -1.82. The van der Waals surface area contributed by atoms with E-state index < -0.39 is 10.0 Å². The summed E-state index contributed by atoms with van der Waals surface area (Å²) in [5, 5.41) is 3.52. The van der Waals surface area contributed by atoms with Gasteiger partial charge in [0.1, 0.15) is 0 Å². The number of hydrogen-bond donors (Lipinski definition) is 1. The third kappa shape index (κ3) is 7.35. The molecule has 1 amide bonds. The number of benzene rings is 2. The molecule has 1 fully saturated rings. The monoisotopic (exact) mass is 508 g/mol. The van der Waals surface area contributed by atoms with Gasteiger partial charge in [-0.15, -0.1) is 0 Å². The van der Waals surface area contributed by atoms with E-state index in [1.807, 2.05) is 25.1 Å². The number of methoxy groups -OCH3 is 1. The lowest BCUT2D eigenvalue weighted by Crippen LogP contribution is -2.43. The van der Waals surface area contributed by atoms with Crippen molar-refractivity contribution in [2.75, 3.05) is 33.4 Å². The second kappa shape index (κ2) is 12.4. The van der Waals surface area contributed by atoms with E-state index in [0.29, 0.717) is 55.4 Å². The zero-order valence-electron chi connectivity index (χ0n) is 19.8. The number of nitrogens with zero attached hydrogens (tertiary/aromatic N) is 1. The Kier molecular flexibility index (Phi) is 9.62. The molecule has 0 spiro atoms. The first-order valence-corrected chi connectivity index (χ1v) is 13.6. The Morgan fingerprint density at radius 3 is 2.56 bits per heavy atom. The van der Waals surface area contributed by atoms with Gasteiger partial charge in [-0.3, -0.25) is 4.79 Å². The molecule has 1 saturated heterocycles. The van der Waals surface area contributed by atoms with Gasteiger partial charge in [-0.2, -0.15) is 0 Å². The van der Waals surface area contributed by atoms with Crippen LogP contribution in [0.3, 0.4) is 0 Å². The van der Waals surface area contributed by atoms with Crippen molar-refractivity contribution in [1.82, 2.24) is 9.62 Å². The van der Waals surface area contributed by atoms with Crippen molar-refractivity contribution in [3.63, 3.8) is 0 Å². The van der Waals surface area contributed by atoms with Gasteiger partial charge >= 0.3 is 0 Å². The molecule has 0 aliphatic carbocycles. The summed E-state index contributed by atoms with van der Waals surface area (Å²) in [6.07, 6.45) is 2.66. The first-order valence-electron chi connectivity index (χ1n) is 11.6. The molecular formula is C25H33ClN2O5S. The van der Waals surface area contributed by atoms with Crippen LogP contribution in [-0.4, -0.2) is 52.0 Å². The standard InChI is InChI=1S/C25H33ClN2O5S/c1-3-33-23-10-9-19(17-24(23)32-2)7-5-13-27-25(29)21-11-14-28(15-12-21)34(30,31)18-20-6-4-8-22(26)16-20/h4,6,8-10,16-17,21H,3,5,7,11-15,18H2,1-2H3,(H,27,29). The van der Waals surface area contributed by atoms with E-state index in [2.05, 4.69) is 5.32 Å². The molecule has 0 atom stereocenters. The number of halogens is 1. The fourth-order valence-corrected chi connectivity index (χ4v) is 5.88. The lowest BCUT2D eigenvalue weighted by atomic mass is 9.97. The zero-order valence-corrected chi connectivity index (χ0v) is 21.3. The highest BCUT2D eigenvalue weighted by atomic mass is 35.5. The quantitative estimate of drug-likeness (QED) is 0.463. The molecule has 1 N–H and O–H groups in total. The molecule has 2 aromatic carbocycles. The van der Waals surface area contributed by atoms with Crippen LogP contribution < -0.4 is 14.8 Å². The number of nitrogens with one attached hydrogen (secondary N) is 1. The molecular weight excluding hydrogens is 476 g/mol. The van der Waals surface area contributed by atoms with Crippen molar-refractivity contribution in [3.05, 3.63) is 58.6 Å². The highest BCUT2D eigenvalue weighted by molar-refractivity contribution is 7.88. The maximum absolute atomic E-state index is 12.8. The molecule has 1 heterocycles. The highest BCUT2D eigenvalue weighted by Gasteiger charge is 2.31. The van der Waals surface area contributed by atoms with Gasteiger partial charge in [-0.25, -0.2) is 12.7 Å². The highest BCUT2D eigenvalue weighted by Crippen LogP contribution is 2.28. The largest absolute Gasteiger partial charge is 0.493 e. The number of piperidine rings is 1. The minimum absolute atomic E-state index is 0.00355. The third-order valence-corrected chi connectivity index (χ3v) is 8.01. The smallest absolute Gasteiger partial charge is 0.223 e. The van der Waals surface area contributed by atoms with Crippen LogP contribution in [-0.2, 0) is 27.0 Å². The molecule has 9 heteroatoms. The molecule has 0 bridgehead atoms. The van der Waals surface area contributed by atoms with Crippen LogP contribution >= 0.6 is 11.6 Å². The Morgan fingerprint density at radius 2 is 1.88 bits per heavy atom. The molecule has 7 nitrogen and oxygen atoms in total. The van der Waals surface area contributed by atoms with E-state index in [1.165, 1.54) is 4.31 Å². The maximum atomic E-state index is 12.8. The van der Waals surface area contributed by atoms with Gasteiger partial charge < -0.3 is 14.8 Å². The number of amides is 1. The van der Waals surface area contributed by atoms with E-state index in [1.54, 1.807) is 31.4 Å². The molecule has 1 aliphatic rings. The van der Waals surface area contributed by atoms with Gasteiger partial charge in [-0.05, 0) is 68.0 Å². The van der Waals surface area contributed by atoms with Gasteiger partial charge in [0.2, 0.25) is 15.9 Å². The second-order valence-electron chi connectivity index (χ2n) is 8.37. The summed E-state index contributed by atoms with van der Waals surface area (Å²) < 4.78 is 37.9. The number of hydrogen-bond acceptors (Lipinski definition) is 5. The lowest BCUT2D eigenvalue weighted by molar-refractivity contribution is -0.126. The summed E-state index contributed by atoms with van der Waals surface area (Å²) in [5.41, 5.74) is 1.78. The number of ether oxygens (including phenoxy) is 2. The van der Waals surface area contributed by atoms with E-state index in [-0.39, 0.29) is 17.6 Å². The second-order valence-corrected chi connectivity index (χ2v) is 10.8. The van der Waals surface area contributed by atoms with Crippen molar-refractivity contribution < 1.29 is 22.7 Å². The first-order chi connectivity index (χ1) is 16.3. The Labute approximate surface area is 207 Å². The maximum Gasteiger partial charge on any atom is 0.223 e. The summed E-state index contributed by atoms with van der Waals surface area (Å²) in [4.78, 5) is 12.6. The minimum Gasteiger partial charge on any atom is -0.493 e. The summed E-state index contributed by atoms with van der Waals surface area (Å²) in [6.45, 7) is 3.79. The van der Waals surface area contributed by atoms with E-state index in [0.717, 1.165) is 24.2 Å². The number of carbonyl (C=O) groups excluding carboxylic acids is 1. The Hall–Kier alpha value is -2.29. The molecule has 186 valence electrons. The lowest BCUT2D eigenvalue weighted by Gasteiger charge is -2.30. The summed E-state index contributed by atoms with van der Waals surface area (Å²) >= 11 is 5.97. The van der Waals surface area contributed by atoms with Gasteiger partial charge in [0.25, 0.3) is 0 Å². The third-order valence-electron chi connectivity index (χ3n) is 5.93. The fraction of sp³-hybridized carbons (Fsp3) is 0.480. The predicted molar refractivity (Wildman–Crippen MR) is 134 cm³/mol. The molecule has 0 aromatic heterocycles. The summed E-state index contributed by atoms with van der Waals surface area (Å²) in [5.74, 6) is 1.18. The number of aryl methyl sites for hydroxylation is 1. The molecule has 2 aromatic rings. The predicted octanol–water partition coefficient (Wildman–Crippen LogP) is 4.04. The van der Waals surface area contributed by atoms with Crippen LogP contribution in [0.5, 0.6) is 11.5 Å². The SMILES string of the molecule is CCOc1ccc(CCCNC(=O)C2CCN(S(=O)(=O)Cc3cccc(Cl)c3)CC2)cc1OC. The zero-order chi connectivity index (χ0) is 24.6. The topological polar surface area (TPSA) is 84.9 Å². The van der Waals surface area contributed by atoms with E-state index in [9.17, 15) is 13.2 Å². The average molecular weight is 509 g/mol. The van der Waals surface area contributed by atoms with Crippen LogP contribution in [0, 0.1) is 5.92 Å². The van der Waals surface area contributed by atoms with Gasteiger partial charge in [-0.1, -0.05) is 29.8 Å². The summed E-state index contributed by atoms with van der Waals surface area (Å²) in [6, 6.07) is 12.8. The first kappa shape index (κ1) is 26.3. The Morgan fingerprint density at radius 1 is 1.12 bits per heavy atom. The van der Waals surface area contributed by atoms with Crippen molar-refractivity contribution >= 4 is 27.5 Å². The number of carbonyl (C=O) groups is 1. The van der Waals surface area contributed by atoms with Crippen LogP contribution in [0.15, 0.2) is 42.5 Å². The van der Waals surface area contributed by atoms with Crippen molar-refractivity contribution in [2.45, 2.75) is 38.4 Å². The van der Waals surface area contributed by atoms with E-state index in [4.69, 9.17) is 21.1 Å². The number of rotatable bonds is 11. The molecule has 0 saturated carbocycles. The molecule has 1 aliphatic heterocycles. The van der Waals surface area contributed by atoms with Gasteiger partial charge in [0, 0.05) is 30.6 Å². The van der Waals surface area contributed by atoms with Crippen molar-refractivity contribution in [2.24, 2.45) is 5.92 Å². The number of sulfonamides is 1. The normalized spacial score (nSPS) is 15.1. The van der Waals surface area contributed by atoms with Crippen molar-refractivity contribution in [3.8, 4) is 11.5 Å². The van der Waals surface area contributed by atoms with E-state index >= 15 is 0 Å². The van der Waals surface area contributed by atoms with Gasteiger partial charge in [0.15, 0.2) is 11.5 Å². The molecule has 0 unspecified atom stereocenters. The Balaban J connectivity index is 1.41. The van der Waals surface area contributed by atoms with Crippen LogP contribution in [0.25, 0.3) is 0 Å². The fourth-order valence-electron chi connectivity index (χ4n) is 4.12. The van der Waals surface area contributed by atoms with Crippen molar-refractivity contribution in [1.29, 1.82) is 0 Å². The van der Waals surface area contributed by atoms with Crippen LogP contribution in [0.4, 0.5) is 0 Å². The van der Waals surface area contributed by atoms with Crippen LogP contribution in [0.2, 0.25) is 5.02 Å². The molecule has 0 radical (unpaired) electrons. The van der Waals surface area contributed by atoms with Gasteiger partial charge in [0.05, 0.1) is 19.5 Å².